The number of ether oxygens (including phenoxy) is 1. The van der Waals surface area contributed by atoms with Crippen LogP contribution in [0.3, 0.4) is 0 Å². The third kappa shape index (κ3) is 4.89. The highest BCUT2D eigenvalue weighted by Gasteiger charge is 2.54. The van der Waals surface area contributed by atoms with Crippen LogP contribution >= 0.6 is 15.9 Å². The molecule has 0 amide bonds. The van der Waals surface area contributed by atoms with Gasteiger partial charge < -0.3 is 4.74 Å². The minimum atomic E-state index is -0.898. The first-order valence-electron chi connectivity index (χ1n) is 11.5. The lowest BCUT2D eigenvalue weighted by molar-refractivity contribution is -0.133. The van der Waals surface area contributed by atoms with Crippen molar-refractivity contribution in [3.63, 3.8) is 0 Å². The summed E-state index contributed by atoms with van der Waals surface area (Å²) in [5, 5.41) is 0.902. The fourth-order valence-electron chi connectivity index (χ4n) is 4.29. The van der Waals surface area contributed by atoms with Crippen molar-refractivity contribution < 1.29 is 18.7 Å². The summed E-state index contributed by atoms with van der Waals surface area (Å²) < 4.78 is 20.2. The average molecular weight is 532 g/mol. The number of benzene rings is 3. The smallest absolute Gasteiger partial charge is 0.150 e. The van der Waals surface area contributed by atoms with E-state index in [1.165, 1.54) is 12.1 Å². The molecule has 4 nitrogen and oxygen atoms in total. The number of carbonyl (C=O) groups is 2. The Kier molecular flexibility index (Phi) is 6.24. The van der Waals surface area contributed by atoms with Gasteiger partial charge in [-0.15, -0.1) is 0 Å². The molecule has 3 aromatic carbocycles. The molecule has 1 saturated carbocycles. The minimum absolute atomic E-state index is 0.0568. The Bertz CT molecular complexity index is 1430. The van der Waals surface area contributed by atoms with Crippen molar-refractivity contribution in [1.29, 1.82) is 0 Å². The van der Waals surface area contributed by atoms with Gasteiger partial charge in [0.25, 0.3) is 0 Å². The molecule has 0 bridgehead atoms. The largest absolute Gasteiger partial charge is 0.457 e. The fourth-order valence-corrected chi connectivity index (χ4v) is 4.63. The summed E-state index contributed by atoms with van der Waals surface area (Å²) in [5.41, 5.74) is 2.61. The molecule has 1 aliphatic rings. The van der Waals surface area contributed by atoms with Crippen LogP contribution in [-0.4, -0.2) is 16.6 Å². The van der Waals surface area contributed by atoms with Crippen LogP contribution in [0.5, 0.6) is 11.5 Å². The van der Waals surface area contributed by atoms with Gasteiger partial charge >= 0.3 is 0 Å². The zero-order valence-corrected chi connectivity index (χ0v) is 20.8. The molecule has 0 aliphatic heterocycles. The number of Topliss-reactive ketones (excluding diaryl/α,β-unsaturated/α-hetero) is 2. The predicted octanol–water partition coefficient (Wildman–Crippen LogP) is 6.94. The number of nitrogens with zero attached hydrogens (tertiary/aromatic N) is 1. The third-order valence-corrected chi connectivity index (χ3v) is 7.45. The van der Waals surface area contributed by atoms with Gasteiger partial charge in [-0.1, -0.05) is 40.2 Å². The van der Waals surface area contributed by atoms with Crippen molar-refractivity contribution in [3.05, 3.63) is 99.9 Å². The molecule has 0 spiro atoms. The highest BCUT2D eigenvalue weighted by Crippen LogP contribution is 2.48. The number of hydrogen-bond donors (Lipinski definition) is 0. The summed E-state index contributed by atoms with van der Waals surface area (Å²) in [6.45, 7) is 2.01. The minimum Gasteiger partial charge on any atom is -0.457 e. The molecule has 0 N–H and O–H groups in total. The maximum atomic E-state index is 13.1. The van der Waals surface area contributed by atoms with Crippen molar-refractivity contribution in [2.24, 2.45) is 5.41 Å². The van der Waals surface area contributed by atoms with E-state index in [0.29, 0.717) is 24.3 Å². The second-order valence-corrected chi connectivity index (χ2v) is 9.94. The molecule has 1 aromatic heterocycles. The fraction of sp³-hybridized carbons (Fsp3) is 0.207. The molecule has 0 unspecified atom stereocenters. The number of ketones is 2. The molecule has 35 heavy (non-hydrogen) atoms. The Hall–Kier alpha value is -3.38. The number of aromatic nitrogens is 1. The number of aryl methyl sites for hydroxylation is 1. The van der Waals surface area contributed by atoms with Gasteiger partial charge in [0.2, 0.25) is 0 Å². The lowest BCUT2D eigenvalue weighted by atomic mass is 9.88. The maximum Gasteiger partial charge on any atom is 0.150 e. The molecule has 0 atom stereocenters. The van der Waals surface area contributed by atoms with Gasteiger partial charge in [0.15, 0.2) is 11.6 Å². The van der Waals surface area contributed by atoms with E-state index >= 15 is 0 Å². The Balaban J connectivity index is 1.26. The third-order valence-electron chi connectivity index (χ3n) is 6.59. The molecule has 6 heteroatoms. The average Bonchev–Trinajstić information content (AvgIpc) is 3.65. The van der Waals surface area contributed by atoms with Crippen molar-refractivity contribution in [3.8, 4) is 11.5 Å². The second kappa shape index (κ2) is 9.34. The Morgan fingerprint density at radius 2 is 1.54 bits per heavy atom. The quantitative estimate of drug-likeness (QED) is 0.231. The van der Waals surface area contributed by atoms with E-state index < -0.39 is 5.41 Å². The van der Waals surface area contributed by atoms with Gasteiger partial charge in [-0.3, -0.25) is 14.6 Å². The number of halogens is 2. The molecule has 176 valence electrons. The summed E-state index contributed by atoms with van der Waals surface area (Å²) in [6, 6.07) is 19.1. The van der Waals surface area contributed by atoms with Crippen LogP contribution in [0.25, 0.3) is 10.9 Å². The maximum absolute atomic E-state index is 13.1. The molecule has 0 radical (unpaired) electrons. The van der Waals surface area contributed by atoms with E-state index in [-0.39, 0.29) is 30.2 Å². The molecule has 0 saturated heterocycles. The number of pyridine rings is 1. The first kappa shape index (κ1) is 23.4. The lowest BCUT2D eigenvalue weighted by Gasteiger charge is -2.14. The molecule has 1 heterocycles. The van der Waals surface area contributed by atoms with Crippen molar-refractivity contribution in [2.75, 3.05) is 0 Å². The highest BCUT2D eigenvalue weighted by molar-refractivity contribution is 9.10. The van der Waals surface area contributed by atoms with Gasteiger partial charge in [-0.25, -0.2) is 4.39 Å². The van der Waals surface area contributed by atoms with E-state index in [0.717, 1.165) is 32.1 Å². The van der Waals surface area contributed by atoms with Crippen LogP contribution in [0.15, 0.2) is 77.4 Å². The van der Waals surface area contributed by atoms with Gasteiger partial charge in [0.05, 0.1) is 10.9 Å². The van der Waals surface area contributed by atoms with Gasteiger partial charge in [-0.05, 0) is 78.9 Å². The summed E-state index contributed by atoms with van der Waals surface area (Å²) in [7, 11) is 0. The van der Waals surface area contributed by atoms with Gasteiger partial charge in [-0.2, -0.15) is 0 Å². The van der Waals surface area contributed by atoms with Crippen LogP contribution in [0.2, 0.25) is 0 Å². The first-order chi connectivity index (χ1) is 16.8. The molecule has 4 aromatic rings. The summed E-state index contributed by atoms with van der Waals surface area (Å²) in [6.07, 6.45) is 3.22. The molecule has 1 aliphatic carbocycles. The summed E-state index contributed by atoms with van der Waals surface area (Å²) >= 11 is 3.57. The van der Waals surface area contributed by atoms with Gasteiger partial charge in [0.1, 0.15) is 17.3 Å². The van der Waals surface area contributed by atoms with E-state index in [4.69, 9.17) is 4.74 Å². The standard InChI is InChI=1S/C29H23BrFNO3/c1-18-14-25-23(17-24(18)30)26(10-13-32-25)35-22-8-4-20(5-9-22)16-28(34)29(11-12-29)27(33)15-19-2-6-21(31)7-3-19/h2-10,13-14,17H,11-12,15-16H2,1H3. The normalized spacial score (nSPS) is 14.0. The SMILES string of the molecule is Cc1cc2nccc(Oc3ccc(CC(=O)C4(C(=O)Cc5ccc(F)cc5)CC4)cc3)c2cc1Br. The Morgan fingerprint density at radius 1 is 0.943 bits per heavy atom. The molecular formula is C29H23BrFNO3. The number of fused-ring (bicyclic) bond motifs is 1. The number of hydrogen-bond acceptors (Lipinski definition) is 4. The van der Waals surface area contributed by atoms with E-state index in [9.17, 15) is 14.0 Å². The van der Waals surface area contributed by atoms with E-state index in [2.05, 4.69) is 20.9 Å². The highest BCUT2D eigenvalue weighted by atomic mass is 79.9. The van der Waals surface area contributed by atoms with Crippen LogP contribution in [0.4, 0.5) is 4.39 Å². The summed E-state index contributed by atoms with van der Waals surface area (Å²) in [5.74, 6) is 0.867. The second-order valence-electron chi connectivity index (χ2n) is 9.08. The van der Waals surface area contributed by atoms with Crippen molar-refractivity contribution in [2.45, 2.75) is 32.6 Å². The van der Waals surface area contributed by atoms with Crippen LogP contribution < -0.4 is 4.74 Å². The lowest BCUT2D eigenvalue weighted by Crippen LogP contribution is -2.28. The van der Waals surface area contributed by atoms with Crippen LogP contribution in [0.1, 0.15) is 29.5 Å². The Morgan fingerprint density at radius 3 is 2.14 bits per heavy atom. The summed E-state index contributed by atoms with van der Waals surface area (Å²) in [4.78, 5) is 30.3. The van der Waals surface area contributed by atoms with Crippen LogP contribution in [0, 0.1) is 18.2 Å². The van der Waals surface area contributed by atoms with E-state index in [1.54, 1.807) is 18.3 Å². The monoisotopic (exact) mass is 531 g/mol. The van der Waals surface area contributed by atoms with Crippen molar-refractivity contribution >= 4 is 38.4 Å². The zero-order chi connectivity index (χ0) is 24.6. The molecular weight excluding hydrogens is 509 g/mol. The Labute approximate surface area is 211 Å². The van der Waals surface area contributed by atoms with Crippen molar-refractivity contribution in [1.82, 2.24) is 4.98 Å². The number of carbonyl (C=O) groups excluding carboxylic acids is 2. The molecule has 1 fully saturated rings. The zero-order valence-electron chi connectivity index (χ0n) is 19.2. The van der Waals surface area contributed by atoms with Crippen LogP contribution in [-0.2, 0) is 22.4 Å². The van der Waals surface area contributed by atoms with E-state index in [1.807, 2.05) is 49.4 Å². The number of rotatable bonds is 8. The topological polar surface area (TPSA) is 56.3 Å². The first-order valence-corrected chi connectivity index (χ1v) is 12.3. The van der Waals surface area contributed by atoms with Gasteiger partial charge in [0, 0.05) is 28.9 Å². The molecule has 5 rings (SSSR count). The predicted molar refractivity (Wildman–Crippen MR) is 136 cm³/mol.